The molecule has 0 aliphatic carbocycles. The van der Waals surface area contributed by atoms with Crippen molar-refractivity contribution in [3.05, 3.63) is 35.4 Å². The zero-order valence-electron chi connectivity index (χ0n) is 14.7. The standard InChI is InChI=1S/C18H23F2NO3/c1-16(2,3)24-15(23)21-10-17(4,11-21)14(22)12-6-8-13(9-7-12)18(5,19)20/h6-9H,10-11H2,1-5H3. The molecule has 6 heteroatoms. The fourth-order valence-electron chi connectivity index (χ4n) is 2.66. The third-order valence-corrected chi connectivity index (χ3v) is 3.93. The maximum Gasteiger partial charge on any atom is 0.410 e. The van der Waals surface area contributed by atoms with Crippen molar-refractivity contribution in [3.63, 3.8) is 0 Å². The van der Waals surface area contributed by atoms with E-state index >= 15 is 0 Å². The third-order valence-electron chi connectivity index (χ3n) is 3.93. The molecule has 1 aromatic carbocycles. The van der Waals surface area contributed by atoms with Crippen molar-refractivity contribution in [2.45, 2.75) is 46.1 Å². The number of amides is 1. The molecule has 1 aromatic rings. The van der Waals surface area contributed by atoms with Gasteiger partial charge >= 0.3 is 6.09 Å². The molecule has 1 aliphatic rings. The summed E-state index contributed by atoms with van der Waals surface area (Å²) in [5.74, 6) is -3.09. The SMILES string of the molecule is CC(C)(C)OC(=O)N1CC(C)(C(=O)c2ccc(C(C)(F)F)cc2)C1. The van der Waals surface area contributed by atoms with Gasteiger partial charge in [-0.1, -0.05) is 24.3 Å². The molecule has 1 aliphatic heterocycles. The van der Waals surface area contributed by atoms with Gasteiger partial charge in [0.1, 0.15) is 5.60 Å². The molecule has 1 saturated heterocycles. The molecule has 1 fully saturated rings. The van der Waals surface area contributed by atoms with Gasteiger partial charge in [0.15, 0.2) is 5.78 Å². The van der Waals surface area contributed by atoms with Crippen LogP contribution in [0.4, 0.5) is 13.6 Å². The zero-order chi connectivity index (χ0) is 18.3. The number of benzene rings is 1. The number of carbonyl (C=O) groups excluding carboxylic acids is 2. The Morgan fingerprint density at radius 2 is 1.58 bits per heavy atom. The van der Waals surface area contributed by atoms with Gasteiger partial charge in [0.25, 0.3) is 5.92 Å². The summed E-state index contributed by atoms with van der Waals surface area (Å²) < 4.78 is 31.7. The Bertz CT molecular complexity index is 636. The number of hydrogen-bond acceptors (Lipinski definition) is 3. The van der Waals surface area contributed by atoms with Crippen LogP contribution in [0.15, 0.2) is 24.3 Å². The monoisotopic (exact) mass is 339 g/mol. The number of nitrogens with zero attached hydrogens (tertiary/aromatic N) is 1. The van der Waals surface area contributed by atoms with Crippen molar-refractivity contribution in [1.29, 1.82) is 0 Å². The number of rotatable bonds is 3. The van der Waals surface area contributed by atoms with Gasteiger partial charge in [0.2, 0.25) is 0 Å². The molecule has 4 nitrogen and oxygen atoms in total. The van der Waals surface area contributed by atoms with Gasteiger partial charge in [0, 0.05) is 31.1 Å². The Morgan fingerprint density at radius 3 is 2.00 bits per heavy atom. The summed E-state index contributed by atoms with van der Waals surface area (Å²) in [5.41, 5.74) is -1.07. The van der Waals surface area contributed by atoms with Crippen molar-refractivity contribution in [2.24, 2.45) is 5.41 Å². The molecule has 0 spiro atoms. The summed E-state index contributed by atoms with van der Waals surface area (Å²) in [5, 5.41) is 0. The topological polar surface area (TPSA) is 46.6 Å². The van der Waals surface area contributed by atoms with E-state index in [4.69, 9.17) is 4.74 Å². The van der Waals surface area contributed by atoms with Crippen LogP contribution in [0.2, 0.25) is 0 Å². The van der Waals surface area contributed by atoms with E-state index in [0.717, 1.165) is 6.92 Å². The highest BCUT2D eigenvalue weighted by Gasteiger charge is 2.48. The maximum atomic E-state index is 13.2. The Kier molecular flexibility index (Phi) is 4.46. The number of Topliss-reactive ketones (excluding diaryl/α,β-unsaturated/α-hetero) is 1. The van der Waals surface area contributed by atoms with E-state index in [2.05, 4.69) is 0 Å². The number of alkyl halides is 2. The van der Waals surface area contributed by atoms with Crippen LogP contribution in [0.1, 0.15) is 50.5 Å². The largest absolute Gasteiger partial charge is 0.444 e. The lowest BCUT2D eigenvalue weighted by Gasteiger charge is -2.46. The molecule has 2 rings (SSSR count). The van der Waals surface area contributed by atoms with Gasteiger partial charge in [0.05, 0.1) is 5.41 Å². The fraction of sp³-hybridized carbons (Fsp3) is 0.556. The summed E-state index contributed by atoms with van der Waals surface area (Å²) in [7, 11) is 0. The van der Waals surface area contributed by atoms with Crippen molar-refractivity contribution < 1.29 is 23.1 Å². The average Bonchev–Trinajstić information content (AvgIpc) is 2.40. The molecular weight excluding hydrogens is 316 g/mol. The first kappa shape index (κ1) is 18.4. The molecule has 0 atom stereocenters. The quantitative estimate of drug-likeness (QED) is 0.774. The van der Waals surface area contributed by atoms with E-state index in [9.17, 15) is 18.4 Å². The van der Waals surface area contributed by atoms with Crippen LogP contribution in [-0.2, 0) is 10.7 Å². The number of ether oxygens (including phenoxy) is 1. The third kappa shape index (κ3) is 3.91. The van der Waals surface area contributed by atoms with Crippen molar-refractivity contribution in [1.82, 2.24) is 4.90 Å². The first-order valence-corrected chi connectivity index (χ1v) is 7.83. The van der Waals surface area contributed by atoms with E-state index in [1.807, 2.05) is 0 Å². The average molecular weight is 339 g/mol. The maximum absolute atomic E-state index is 13.2. The van der Waals surface area contributed by atoms with E-state index in [-0.39, 0.29) is 24.4 Å². The first-order chi connectivity index (χ1) is 10.8. The second-order valence-electron chi connectivity index (χ2n) is 7.69. The Morgan fingerprint density at radius 1 is 1.08 bits per heavy atom. The lowest BCUT2D eigenvalue weighted by molar-refractivity contribution is -0.0198. The van der Waals surface area contributed by atoms with E-state index in [0.29, 0.717) is 5.56 Å². The summed E-state index contributed by atoms with van der Waals surface area (Å²) >= 11 is 0. The lowest BCUT2D eigenvalue weighted by atomic mass is 9.75. The Labute approximate surface area is 140 Å². The molecule has 1 heterocycles. The number of halogens is 2. The molecule has 0 saturated carbocycles. The van der Waals surface area contributed by atoms with E-state index in [1.165, 1.54) is 29.2 Å². The van der Waals surface area contributed by atoms with Crippen LogP contribution in [0.3, 0.4) is 0 Å². The molecule has 132 valence electrons. The molecule has 0 bridgehead atoms. The zero-order valence-corrected chi connectivity index (χ0v) is 14.7. The predicted octanol–water partition coefficient (Wildman–Crippen LogP) is 4.24. The van der Waals surface area contributed by atoms with Gasteiger partial charge in [-0.15, -0.1) is 0 Å². The molecule has 0 radical (unpaired) electrons. The van der Waals surface area contributed by atoms with Crippen LogP contribution in [-0.4, -0.2) is 35.5 Å². The van der Waals surface area contributed by atoms with Crippen molar-refractivity contribution in [3.8, 4) is 0 Å². The van der Waals surface area contributed by atoms with Crippen LogP contribution in [0.25, 0.3) is 0 Å². The summed E-state index contributed by atoms with van der Waals surface area (Å²) in [6.07, 6.45) is -0.450. The fourth-order valence-corrected chi connectivity index (χ4v) is 2.66. The molecule has 0 aromatic heterocycles. The number of hydrogen-bond donors (Lipinski definition) is 0. The van der Waals surface area contributed by atoms with Crippen LogP contribution >= 0.6 is 0 Å². The minimum absolute atomic E-state index is 0.131. The van der Waals surface area contributed by atoms with Crippen molar-refractivity contribution in [2.75, 3.05) is 13.1 Å². The summed E-state index contributed by atoms with van der Waals surface area (Å²) in [6.45, 7) is 8.42. The van der Waals surface area contributed by atoms with Gasteiger partial charge in [-0.2, -0.15) is 0 Å². The van der Waals surface area contributed by atoms with Crippen LogP contribution in [0.5, 0.6) is 0 Å². The second-order valence-corrected chi connectivity index (χ2v) is 7.69. The van der Waals surface area contributed by atoms with Crippen LogP contribution in [0, 0.1) is 5.41 Å². The number of ketones is 1. The predicted molar refractivity (Wildman–Crippen MR) is 86.3 cm³/mol. The number of carbonyl (C=O) groups is 2. The molecule has 1 amide bonds. The second kappa shape index (κ2) is 5.83. The highest BCUT2D eigenvalue weighted by molar-refractivity contribution is 6.02. The molecule has 0 unspecified atom stereocenters. The smallest absolute Gasteiger partial charge is 0.410 e. The molecular formula is C18H23F2NO3. The van der Waals surface area contributed by atoms with E-state index < -0.39 is 23.0 Å². The van der Waals surface area contributed by atoms with Crippen LogP contribution < -0.4 is 0 Å². The lowest BCUT2D eigenvalue weighted by Crippen LogP contribution is -2.61. The minimum atomic E-state index is -2.94. The van der Waals surface area contributed by atoms with Crippen molar-refractivity contribution >= 4 is 11.9 Å². The van der Waals surface area contributed by atoms with E-state index in [1.54, 1.807) is 27.7 Å². The van der Waals surface area contributed by atoms with Gasteiger partial charge < -0.3 is 9.64 Å². The Hall–Kier alpha value is -1.98. The number of likely N-dealkylation sites (tertiary alicyclic amines) is 1. The molecule has 24 heavy (non-hydrogen) atoms. The highest BCUT2D eigenvalue weighted by Crippen LogP contribution is 2.35. The Balaban J connectivity index is 2.03. The molecule has 0 N–H and O–H groups in total. The first-order valence-electron chi connectivity index (χ1n) is 7.83. The minimum Gasteiger partial charge on any atom is -0.444 e. The summed E-state index contributed by atoms with van der Waals surface area (Å²) in [4.78, 5) is 26.0. The normalized spacial score (nSPS) is 17.2. The van der Waals surface area contributed by atoms with Gasteiger partial charge in [-0.25, -0.2) is 13.6 Å². The van der Waals surface area contributed by atoms with Gasteiger partial charge in [-0.05, 0) is 27.7 Å². The summed E-state index contributed by atoms with van der Waals surface area (Å²) in [6, 6.07) is 5.36. The van der Waals surface area contributed by atoms with Gasteiger partial charge in [-0.3, -0.25) is 4.79 Å². The highest BCUT2D eigenvalue weighted by atomic mass is 19.3.